The molecule has 0 heterocycles. The van der Waals surface area contributed by atoms with Crippen LogP contribution in [0.4, 0.5) is 0 Å². The zero-order chi connectivity index (χ0) is 36.9. The van der Waals surface area contributed by atoms with Crippen molar-refractivity contribution >= 4 is 42.4 Å². The van der Waals surface area contributed by atoms with E-state index < -0.39 is 15.8 Å². The van der Waals surface area contributed by atoms with Crippen molar-refractivity contribution in [2.24, 2.45) is 5.92 Å². The zero-order valence-electron chi connectivity index (χ0n) is 33.6. The minimum Gasteiger partial charge on any atom is -0.0619 e. The molecule has 0 spiro atoms. The smallest absolute Gasteiger partial charge is 0 e. The van der Waals surface area contributed by atoms with Crippen LogP contribution in [0.1, 0.15) is 101 Å². The molecule has 0 saturated heterocycles. The van der Waals surface area contributed by atoms with Gasteiger partial charge in [-0.3, -0.25) is 0 Å². The van der Waals surface area contributed by atoms with Gasteiger partial charge in [-0.1, -0.05) is 161 Å². The molecule has 2 saturated carbocycles. The molecule has 5 aromatic rings. The van der Waals surface area contributed by atoms with Crippen molar-refractivity contribution in [2.45, 2.75) is 112 Å². The number of hydrogen-bond donors (Lipinski definition) is 0. The quantitative estimate of drug-likeness (QED) is 0.109. The van der Waals surface area contributed by atoms with E-state index in [1.807, 2.05) is 0 Å². The summed E-state index contributed by atoms with van der Waals surface area (Å²) in [5, 5.41) is 7.60. The first kappa shape index (κ1) is 41.6. The number of benzene rings is 5. The molecule has 2 radical (unpaired) electrons. The maximum atomic E-state index is 2.60. The standard InChI is InChI=1S/C45H52P2.C5H8.Fe/c1-29-17-30(2)22-38(21-29)46(39-23-31(3)18-32(4)24-39)37(9)42-14-12-15-43(42)44-13-10-11-16-45(44)47(40-25-33(5)19-34(6)26-40)41-27-35(7)20-36(8)28-41;1-2-4-5-3-1;/h10-11,13,16-28,37,42-43H,12,14-15H2,1-9H3;1-2H,3-5H2;/t37-,42?,43?;;/m1../s1. The molecule has 2 fully saturated rings. The average molecular weight is 779 g/mol. The zero-order valence-corrected chi connectivity index (χ0v) is 36.5. The van der Waals surface area contributed by atoms with Gasteiger partial charge >= 0.3 is 0 Å². The summed E-state index contributed by atoms with van der Waals surface area (Å²) in [6, 6.07) is 38.7. The largest absolute Gasteiger partial charge is 0.0619 e. The van der Waals surface area contributed by atoms with Gasteiger partial charge in [-0.25, -0.2) is 0 Å². The average Bonchev–Trinajstić information content (AvgIpc) is 3.80. The van der Waals surface area contributed by atoms with Crippen LogP contribution in [0.15, 0.2) is 97.1 Å². The molecule has 3 heteroatoms. The topological polar surface area (TPSA) is 0 Å². The van der Waals surface area contributed by atoms with Gasteiger partial charge in [-0.2, -0.15) is 0 Å². The second kappa shape index (κ2) is 18.9. The van der Waals surface area contributed by atoms with E-state index in [0.29, 0.717) is 17.5 Å². The van der Waals surface area contributed by atoms with E-state index in [4.69, 9.17) is 0 Å². The van der Waals surface area contributed by atoms with E-state index in [1.54, 1.807) is 21.5 Å². The molecule has 2 aliphatic carbocycles. The first-order chi connectivity index (χ1) is 25.0. The predicted octanol–water partition coefficient (Wildman–Crippen LogP) is 11.9. The Balaban J connectivity index is 0.000000833. The second-order valence-corrected chi connectivity index (χ2v) is 20.8. The third-order valence-corrected chi connectivity index (χ3v) is 16.2. The Morgan fingerprint density at radius 3 is 1.28 bits per heavy atom. The van der Waals surface area contributed by atoms with Crippen LogP contribution in [-0.2, 0) is 17.1 Å². The van der Waals surface area contributed by atoms with Gasteiger partial charge < -0.3 is 0 Å². The van der Waals surface area contributed by atoms with Crippen LogP contribution in [0.2, 0.25) is 0 Å². The van der Waals surface area contributed by atoms with Crippen LogP contribution in [0.5, 0.6) is 0 Å². The fourth-order valence-corrected chi connectivity index (χ4v) is 15.4. The maximum Gasteiger partial charge on any atom is 0 e. The van der Waals surface area contributed by atoms with Gasteiger partial charge in [0.1, 0.15) is 0 Å². The molecule has 0 aromatic heterocycles. The van der Waals surface area contributed by atoms with E-state index in [-0.39, 0.29) is 17.1 Å². The minimum atomic E-state index is -0.701. The Kier molecular flexibility index (Phi) is 14.8. The molecular weight excluding hydrogens is 718 g/mol. The third-order valence-electron chi connectivity index (χ3n) is 11.0. The molecule has 0 nitrogen and oxygen atoms in total. The number of rotatable bonds is 8. The molecule has 2 aliphatic rings. The first-order valence-electron chi connectivity index (χ1n) is 19.6. The van der Waals surface area contributed by atoms with E-state index in [9.17, 15) is 0 Å². The van der Waals surface area contributed by atoms with Crippen LogP contribution in [-0.4, -0.2) is 5.66 Å². The molecule has 0 bridgehead atoms. The van der Waals surface area contributed by atoms with E-state index in [1.165, 1.54) is 93.6 Å². The van der Waals surface area contributed by atoms with Crippen LogP contribution in [0.25, 0.3) is 0 Å². The molecular formula is C50H60FeP2. The second-order valence-electron chi connectivity index (χ2n) is 16.0. The van der Waals surface area contributed by atoms with E-state index in [0.717, 1.165) is 0 Å². The van der Waals surface area contributed by atoms with Crippen molar-refractivity contribution in [3.63, 3.8) is 0 Å². The normalized spacial score (nSPS) is 17.4. The molecule has 5 aromatic carbocycles. The van der Waals surface area contributed by atoms with Gasteiger partial charge in [0.25, 0.3) is 0 Å². The molecule has 3 atom stereocenters. The minimum absolute atomic E-state index is 0. The fourth-order valence-electron chi connectivity index (χ4n) is 9.12. The molecule has 278 valence electrons. The molecule has 0 amide bonds. The Morgan fingerprint density at radius 2 is 0.887 bits per heavy atom. The summed E-state index contributed by atoms with van der Waals surface area (Å²) in [6.07, 6.45) is 12.4. The van der Waals surface area contributed by atoms with Gasteiger partial charge in [0.15, 0.2) is 0 Å². The van der Waals surface area contributed by atoms with Crippen LogP contribution < -0.4 is 26.5 Å². The SMILES string of the molecule is Cc1cc(C)cc(P(c2cc(C)cc(C)c2)c2ccccc2C2CCCC2[C@@H](C)P(c2cc(C)cc(C)c2)c2cc(C)cc(C)c2)c1.[CH]1[CH]CCC1.[Fe]. The van der Waals surface area contributed by atoms with Gasteiger partial charge in [-0.15, -0.1) is 0 Å². The molecule has 7 rings (SSSR count). The first-order valence-corrected chi connectivity index (χ1v) is 22.4. The molecule has 2 unspecified atom stereocenters. The number of aryl methyl sites for hydroxylation is 8. The molecule has 0 aliphatic heterocycles. The number of hydrogen-bond acceptors (Lipinski definition) is 0. The fraction of sp³-hybridized carbons (Fsp3) is 0.360. The van der Waals surface area contributed by atoms with Crippen molar-refractivity contribution in [1.29, 1.82) is 0 Å². The van der Waals surface area contributed by atoms with Gasteiger partial charge in [0.05, 0.1) is 0 Å². The van der Waals surface area contributed by atoms with Crippen LogP contribution >= 0.6 is 15.8 Å². The van der Waals surface area contributed by atoms with Crippen molar-refractivity contribution in [1.82, 2.24) is 0 Å². The third kappa shape index (κ3) is 10.4. The summed E-state index contributed by atoms with van der Waals surface area (Å²) in [6.45, 7) is 20.7. The van der Waals surface area contributed by atoms with E-state index in [2.05, 4.69) is 172 Å². The summed E-state index contributed by atoms with van der Waals surface area (Å²) in [4.78, 5) is 0. The maximum absolute atomic E-state index is 2.60. The summed E-state index contributed by atoms with van der Waals surface area (Å²) >= 11 is 0. The van der Waals surface area contributed by atoms with Crippen LogP contribution in [0, 0.1) is 74.1 Å². The van der Waals surface area contributed by atoms with Crippen LogP contribution in [0.3, 0.4) is 0 Å². The summed E-state index contributed by atoms with van der Waals surface area (Å²) in [5.74, 6) is 1.20. The molecule has 0 N–H and O–H groups in total. The van der Waals surface area contributed by atoms with Crippen molar-refractivity contribution in [3.05, 3.63) is 160 Å². The summed E-state index contributed by atoms with van der Waals surface area (Å²) in [7, 11) is -1.23. The Hall–Kier alpha value is -2.52. The van der Waals surface area contributed by atoms with Crippen molar-refractivity contribution < 1.29 is 17.1 Å². The summed E-state index contributed by atoms with van der Waals surface area (Å²) in [5.41, 5.74) is 13.1. The Bertz CT molecular complexity index is 1800. The van der Waals surface area contributed by atoms with Crippen molar-refractivity contribution in [3.8, 4) is 0 Å². The monoisotopic (exact) mass is 778 g/mol. The van der Waals surface area contributed by atoms with Gasteiger partial charge in [0, 0.05) is 17.1 Å². The van der Waals surface area contributed by atoms with Gasteiger partial charge in [0.2, 0.25) is 0 Å². The van der Waals surface area contributed by atoms with E-state index >= 15 is 0 Å². The Labute approximate surface area is 336 Å². The predicted molar refractivity (Wildman–Crippen MR) is 234 cm³/mol. The Morgan fingerprint density at radius 1 is 0.491 bits per heavy atom. The molecule has 53 heavy (non-hydrogen) atoms. The summed E-state index contributed by atoms with van der Waals surface area (Å²) < 4.78 is 0. The van der Waals surface area contributed by atoms with Gasteiger partial charge in [-0.05, 0) is 159 Å². The van der Waals surface area contributed by atoms with Crippen molar-refractivity contribution in [2.75, 3.05) is 0 Å².